The summed E-state index contributed by atoms with van der Waals surface area (Å²) in [5.74, 6) is 0. The van der Waals surface area contributed by atoms with E-state index in [-0.39, 0.29) is 0 Å². The van der Waals surface area contributed by atoms with Crippen LogP contribution < -0.4 is 0 Å². The van der Waals surface area contributed by atoms with Gasteiger partial charge in [-0.25, -0.2) is 9.07 Å². The summed E-state index contributed by atoms with van der Waals surface area (Å²) in [5.41, 5.74) is 2.14. The van der Waals surface area contributed by atoms with Gasteiger partial charge in [0.15, 0.2) is 0 Å². The number of rotatable bonds is 3. The number of aliphatic hydroxyl groups excluding tert-OH is 1. The molecule has 0 aliphatic carbocycles. The van der Waals surface area contributed by atoms with Gasteiger partial charge in [-0.15, -0.1) is 0 Å². The Balaban J connectivity index is 2.48. The topological polar surface area (TPSA) is 38.0 Å². The zero-order valence-corrected chi connectivity index (χ0v) is 8.97. The molecule has 84 valence electrons. The van der Waals surface area contributed by atoms with Crippen molar-refractivity contribution in [1.29, 1.82) is 0 Å². The monoisotopic (exact) mass is 220 g/mol. The number of aromatic nitrogens is 2. The van der Waals surface area contributed by atoms with E-state index in [1.54, 1.807) is 29.1 Å². The molecule has 1 heterocycles. The number of alkyl halides is 1. The van der Waals surface area contributed by atoms with Crippen molar-refractivity contribution < 1.29 is 9.50 Å². The Morgan fingerprint density at radius 1 is 1.38 bits per heavy atom. The molecule has 1 aromatic carbocycles. The van der Waals surface area contributed by atoms with Crippen molar-refractivity contribution in [1.82, 2.24) is 9.78 Å². The molecule has 0 spiro atoms. The third kappa shape index (κ3) is 1.97. The lowest BCUT2D eigenvalue weighted by molar-refractivity contribution is 0.141. The third-order valence-electron chi connectivity index (χ3n) is 2.41. The molecule has 0 saturated heterocycles. The first-order valence-electron chi connectivity index (χ1n) is 5.08. The van der Waals surface area contributed by atoms with Crippen LogP contribution in [-0.4, -0.2) is 21.6 Å². The number of aliphatic hydroxyl groups is 1. The molecule has 1 N–H and O–H groups in total. The van der Waals surface area contributed by atoms with Gasteiger partial charge < -0.3 is 5.11 Å². The molecule has 0 amide bonds. The molecule has 1 atom stereocenters. The first-order chi connectivity index (χ1) is 7.72. The molecule has 2 rings (SSSR count). The Hall–Kier alpha value is -1.68. The fraction of sp³-hybridized carbons (Fsp3) is 0.250. The summed E-state index contributed by atoms with van der Waals surface area (Å²) in [5, 5.41) is 13.8. The molecule has 4 heteroatoms. The number of aryl methyl sites for hydroxylation is 1. The van der Waals surface area contributed by atoms with E-state index in [4.69, 9.17) is 0 Å². The van der Waals surface area contributed by atoms with Crippen LogP contribution in [0.3, 0.4) is 0 Å². The van der Waals surface area contributed by atoms with Crippen molar-refractivity contribution in [3.05, 3.63) is 47.8 Å². The van der Waals surface area contributed by atoms with Gasteiger partial charge in [-0.1, -0.05) is 18.2 Å². The highest BCUT2D eigenvalue weighted by Gasteiger charge is 2.13. The van der Waals surface area contributed by atoms with Gasteiger partial charge in [0.1, 0.15) is 12.8 Å². The number of para-hydroxylation sites is 1. The fourth-order valence-electron chi connectivity index (χ4n) is 1.61. The van der Waals surface area contributed by atoms with Crippen LogP contribution in [0.15, 0.2) is 36.5 Å². The van der Waals surface area contributed by atoms with E-state index in [1.165, 1.54) is 0 Å². The Kier molecular flexibility index (Phi) is 3.01. The minimum absolute atomic E-state index is 0.549. The summed E-state index contributed by atoms with van der Waals surface area (Å²) in [6, 6.07) is 8.98. The van der Waals surface area contributed by atoms with Gasteiger partial charge in [-0.05, 0) is 19.1 Å². The van der Waals surface area contributed by atoms with Gasteiger partial charge in [0.2, 0.25) is 0 Å². The number of halogens is 1. The largest absolute Gasteiger partial charge is 0.386 e. The maximum Gasteiger partial charge on any atom is 0.120 e. The average Bonchev–Trinajstić information content (AvgIpc) is 2.75. The lowest BCUT2D eigenvalue weighted by Gasteiger charge is -2.12. The second-order valence-corrected chi connectivity index (χ2v) is 3.63. The van der Waals surface area contributed by atoms with Gasteiger partial charge in [-0.2, -0.15) is 5.10 Å². The highest BCUT2D eigenvalue weighted by atomic mass is 19.1. The molecular weight excluding hydrogens is 207 g/mol. The summed E-state index contributed by atoms with van der Waals surface area (Å²) in [6.07, 6.45) is 0.694. The molecule has 2 aromatic rings. The smallest absolute Gasteiger partial charge is 0.120 e. The van der Waals surface area contributed by atoms with Gasteiger partial charge >= 0.3 is 0 Å². The highest BCUT2D eigenvalue weighted by molar-refractivity contribution is 5.41. The summed E-state index contributed by atoms with van der Waals surface area (Å²) in [7, 11) is 0. The van der Waals surface area contributed by atoms with Crippen molar-refractivity contribution in [2.24, 2.45) is 0 Å². The zero-order chi connectivity index (χ0) is 11.5. The minimum atomic E-state index is -1.10. The molecule has 0 aliphatic heterocycles. The SMILES string of the molecule is Cc1ccn(-c2ccccc2C(O)CF)n1. The quantitative estimate of drug-likeness (QED) is 0.861. The first kappa shape index (κ1) is 10.8. The Labute approximate surface area is 93.2 Å². The van der Waals surface area contributed by atoms with Crippen molar-refractivity contribution >= 4 is 0 Å². The van der Waals surface area contributed by atoms with Crippen LogP contribution in [0.2, 0.25) is 0 Å². The summed E-state index contributed by atoms with van der Waals surface area (Å²) in [4.78, 5) is 0. The summed E-state index contributed by atoms with van der Waals surface area (Å²) >= 11 is 0. The molecule has 1 aromatic heterocycles. The van der Waals surface area contributed by atoms with Crippen LogP contribution in [0, 0.1) is 6.92 Å². The Bertz CT molecular complexity index is 481. The highest BCUT2D eigenvalue weighted by Crippen LogP contribution is 2.21. The second-order valence-electron chi connectivity index (χ2n) is 3.63. The predicted octanol–water partition coefficient (Wildman–Crippen LogP) is 2.18. The number of nitrogens with zero attached hydrogens (tertiary/aromatic N) is 2. The predicted molar refractivity (Wildman–Crippen MR) is 59.2 cm³/mol. The normalized spacial score (nSPS) is 12.7. The number of hydrogen-bond acceptors (Lipinski definition) is 2. The lowest BCUT2D eigenvalue weighted by atomic mass is 10.1. The van der Waals surface area contributed by atoms with Crippen LogP contribution in [0.1, 0.15) is 17.4 Å². The molecule has 0 saturated carbocycles. The van der Waals surface area contributed by atoms with E-state index in [0.717, 1.165) is 5.69 Å². The summed E-state index contributed by atoms with van der Waals surface area (Å²) in [6.45, 7) is 1.09. The third-order valence-corrected chi connectivity index (χ3v) is 2.41. The molecule has 0 aliphatic rings. The Morgan fingerprint density at radius 3 is 2.75 bits per heavy atom. The second kappa shape index (κ2) is 4.45. The average molecular weight is 220 g/mol. The van der Waals surface area contributed by atoms with E-state index in [0.29, 0.717) is 11.3 Å². The molecule has 3 nitrogen and oxygen atoms in total. The maximum atomic E-state index is 12.5. The maximum absolute atomic E-state index is 12.5. The number of benzene rings is 1. The van der Waals surface area contributed by atoms with Crippen molar-refractivity contribution in [2.75, 3.05) is 6.67 Å². The van der Waals surface area contributed by atoms with Crippen LogP contribution in [0.5, 0.6) is 0 Å². The minimum Gasteiger partial charge on any atom is -0.386 e. The van der Waals surface area contributed by atoms with Crippen molar-refractivity contribution in [3.63, 3.8) is 0 Å². The summed E-state index contributed by atoms with van der Waals surface area (Å²) < 4.78 is 14.1. The number of hydrogen-bond donors (Lipinski definition) is 1. The first-order valence-corrected chi connectivity index (χ1v) is 5.08. The van der Waals surface area contributed by atoms with E-state index < -0.39 is 12.8 Å². The van der Waals surface area contributed by atoms with Crippen molar-refractivity contribution in [2.45, 2.75) is 13.0 Å². The fourth-order valence-corrected chi connectivity index (χ4v) is 1.61. The van der Waals surface area contributed by atoms with E-state index in [2.05, 4.69) is 5.10 Å². The van der Waals surface area contributed by atoms with Gasteiger partial charge in [0, 0.05) is 11.8 Å². The van der Waals surface area contributed by atoms with Crippen LogP contribution >= 0.6 is 0 Å². The zero-order valence-electron chi connectivity index (χ0n) is 8.97. The molecular formula is C12H13FN2O. The van der Waals surface area contributed by atoms with Crippen LogP contribution in [0.4, 0.5) is 4.39 Å². The van der Waals surface area contributed by atoms with Crippen molar-refractivity contribution in [3.8, 4) is 5.69 Å². The van der Waals surface area contributed by atoms with E-state index >= 15 is 0 Å². The van der Waals surface area contributed by atoms with Gasteiger partial charge in [0.25, 0.3) is 0 Å². The Morgan fingerprint density at radius 2 is 2.12 bits per heavy atom. The molecule has 0 fully saturated rings. The molecule has 0 radical (unpaired) electrons. The van der Waals surface area contributed by atoms with Crippen LogP contribution in [0.25, 0.3) is 5.69 Å². The molecule has 16 heavy (non-hydrogen) atoms. The van der Waals surface area contributed by atoms with Crippen LogP contribution in [-0.2, 0) is 0 Å². The van der Waals surface area contributed by atoms with E-state index in [9.17, 15) is 9.50 Å². The standard InChI is InChI=1S/C12H13FN2O/c1-9-6-7-15(14-9)11-5-3-2-4-10(11)12(16)8-13/h2-7,12,16H,8H2,1H3. The lowest BCUT2D eigenvalue weighted by Crippen LogP contribution is -2.06. The molecule has 1 unspecified atom stereocenters. The van der Waals surface area contributed by atoms with E-state index in [1.807, 2.05) is 19.1 Å². The molecule has 0 bridgehead atoms. The van der Waals surface area contributed by atoms with Gasteiger partial charge in [0.05, 0.1) is 11.4 Å². The van der Waals surface area contributed by atoms with Gasteiger partial charge in [-0.3, -0.25) is 0 Å².